The van der Waals surface area contributed by atoms with Gasteiger partial charge in [0.25, 0.3) is 5.56 Å². The van der Waals surface area contributed by atoms with Crippen LogP contribution in [0.3, 0.4) is 0 Å². The minimum Gasteiger partial charge on any atom is -0.493 e. The first-order chi connectivity index (χ1) is 25.4. The molecule has 1 aliphatic heterocycles. The largest absolute Gasteiger partial charge is 0.493 e. The maximum absolute atomic E-state index is 15.6. The number of fused-ring (bicyclic) bond motifs is 2. The Morgan fingerprint density at radius 2 is 1.71 bits per heavy atom. The molecule has 0 aliphatic carbocycles. The number of aromatic nitrogens is 4. The smallest absolute Gasteiger partial charge is 0.266 e. The van der Waals surface area contributed by atoms with Gasteiger partial charge >= 0.3 is 0 Å². The summed E-state index contributed by atoms with van der Waals surface area (Å²) in [4.78, 5) is 29.1. The van der Waals surface area contributed by atoms with Crippen molar-refractivity contribution in [3.63, 3.8) is 0 Å². The molecular formula is C39H42F2N6O5. The zero-order chi connectivity index (χ0) is 36.6. The number of aryl methyl sites for hydroxylation is 1. The number of ether oxygens (including phenoxy) is 4. The zero-order valence-electron chi connectivity index (χ0n) is 29.5. The maximum atomic E-state index is 15.6. The van der Waals surface area contributed by atoms with Crippen molar-refractivity contribution in [2.24, 2.45) is 0 Å². The number of pyridine rings is 2. The third-order valence-electron chi connectivity index (χ3n) is 8.47. The van der Waals surface area contributed by atoms with E-state index in [0.29, 0.717) is 56.8 Å². The van der Waals surface area contributed by atoms with Crippen LogP contribution in [0.4, 0.5) is 20.3 Å². The van der Waals surface area contributed by atoms with E-state index in [1.807, 2.05) is 19.9 Å². The number of methoxy groups -OCH3 is 1. The molecule has 1 N–H and O–H groups in total. The minimum atomic E-state index is -0.672. The van der Waals surface area contributed by atoms with Crippen molar-refractivity contribution >= 4 is 33.2 Å². The molecule has 0 amide bonds. The quantitative estimate of drug-likeness (QED) is 0.133. The van der Waals surface area contributed by atoms with Crippen molar-refractivity contribution in [1.82, 2.24) is 24.4 Å². The number of nitrogens with one attached hydrogen (secondary N) is 1. The third-order valence-corrected chi connectivity index (χ3v) is 8.47. The second kappa shape index (κ2) is 16.6. The number of nitrogens with zero attached hydrogens (tertiary/aromatic N) is 5. The van der Waals surface area contributed by atoms with Crippen LogP contribution in [0.15, 0.2) is 84.0 Å². The van der Waals surface area contributed by atoms with Crippen LogP contribution >= 0.6 is 0 Å². The van der Waals surface area contributed by atoms with E-state index < -0.39 is 11.6 Å². The lowest BCUT2D eigenvalue weighted by molar-refractivity contribution is 0.0357. The van der Waals surface area contributed by atoms with E-state index in [-0.39, 0.29) is 24.4 Å². The highest BCUT2D eigenvalue weighted by Gasteiger charge is 2.18. The van der Waals surface area contributed by atoms with Gasteiger partial charge in [-0.1, -0.05) is 13.8 Å². The molecule has 3 aromatic carbocycles. The van der Waals surface area contributed by atoms with Gasteiger partial charge in [0, 0.05) is 56.5 Å². The van der Waals surface area contributed by atoms with Crippen molar-refractivity contribution < 1.29 is 29.2 Å². The van der Waals surface area contributed by atoms with Gasteiger partial charge in [-0.2, -0.15) is 0 Å². The summed E-state index contributed by atoms with van der Waals surface area (Å²) in [6.45, 7) is 10.5. The van der Waals surface area contributed by atoms with Crippen molar-refractivity contribution in [3.8, 4) is 28.8 Å². The Balaban J connectivity index is 0.00000178. The van der Waals surface area contributed by atoms with Crippen LogP contribution in [0.5, 0.6) is 23.1 Å². The number of hydrogen-bond acceptors (Lipinski definition) is 10. The molecule has 1 fully saturated rings. The number of morpholine rings is 1. The number of hydrogen-bond donors (Lipinski definition) is 1. The first-order valence-electron chi connectivity index (χ1n) is 17.2. The molecule has 13 heteroatoms. The minimum absolute atomic E-state index is 0. The van der Waals surface area contributed by atoms with Crippen molar-refractivity contribution in [3.05, 3.63) is 107 Å². The lowest BCUT2D eigenvalue weighted by atomic mass is 10.1. The molecule has 1 aliphatic rings. The van der Waals surface area contributed by atoms with Gasteiger partial charge in [0.05, 0.1) is 43.2 Å². The van der Waals surface area contributed by atoms with E-state index in [1.54, 1.807) is 44.5 Å². The Hall–Kier alpha value is -5.66. The number of benzene rings is 3. The molecule has 6 aromatic rings. The van der Waals surface area contributed by atoms with E-state index in [0.717, 1.165) is 39.3 Å². The fraction of sp³-hybridized carbons (Fsp3) is 0.282. The average molecular weight is 713 g/mol. The van der Waals surface area contributed by atoms with Crippen LogP contribution in [0.1, 0.15) is 27.4 Å². The van der Waals surface area contributed by atoms with E-state index in [2.05, 4.69) is 25.2 Å². The van der Waals surface area contributed by atoms with Crippen molar-refractivity contribution in [2.45, 2.75) is 27.2 Å². The number of anilines is 2. The number of halogens is 2. The van der Waals surface area contributed by atoms with Crippen LogP contribution in [0.2, 0.25) is 0 Å². The molecule has 1 saturated heterocycles. The Morgan fingerprint density at radius 1 is 0.923 bits per heavy atom. The summed E-state index contributed by atoms with van der Waals surface area (Å²) in [7, 11) is 1.56. The van der Waals surface area contributed by atoms with Crippen molar-refractivity contribution in [1.29, 1.82) is 0 Å². The van der Waals surface area contributed by atoms with Crippen molar-refractivity contribution in [2.75, 3.05) is 51.9 Å². The standard InChI is InChI=1S/C37H34F2N6O5.C2H6.H2/c1-23-18-24-10-11-40-35(34(24)37(46)45(23)27-7-4-25(38)5-8-27)43-26-6-9-31(29(39)19-26)50-36-28-20-33(32(47-2)21-30(28)41-22-42-36)49-15-3-12-44-13-16-48-17-14-44;1-2;/h4-11,18-22H,3,12-17H2,1-2H3,(H,40,43);1-2H3;1H. The molecule has 11 nitrogen and oxygen atoms in total. The van der Waals surface area contributed by atoms with Gasteiger partial charge in [-0.15, -0.1) is 0 Å². The molecule has 52 heavy (non-hydrogen) atoms. The highest BCUT2D eigenvalue weighted by atomic mass is 19.1. The second-order valence-electron chi connectivity index (χ2n) is 11.8. The summed E-state index contributed by atoms with van der Waals surface area (Å²) in [6, 6.07) is 17.0. The van der Waals surface area contributed by atoms with Crippen LogP contribution in [0.25, 0.3) is 27.4 Å². The van der Waals surface area contributed by atoms with E-state index in [9.17, 15) is 9.18 Å². The van der Waals surface area contributed by atoms with Gasteiger partial charge in [0.15, 0.2) is 23.1 Å². The van der Waals surface area contributed by atoms with Gasteiger partial charge in [-0.3, -0.25) is 14.3 Å². The van der Waals surface area contributed by atoms with Gasteiger partial charge in [-0.25, -0.2) is 23.7 Å². The first-order valence-corrected chi connectivity index (χ1v) is 17.2. The van der Waals surface area contributed by atoms with Gasteiger partial charge in [0.2, 0.25) is 5.88 Å². The third kappa shape index (κ3) is 7.95. The fourth-order valence-electron chi connectivity index (χ4n) is 5.98. The van der Waals surface area contributed by atoms with E-state index >= 15 is 4.39 Å². The summed E-state index contributed by atoms with van der Waals surface area (Å²) in [5.74, 6) is 0.243. The van der Waals surface area contributed by atoms with Crippen LogP contribution in [-0.2, 0) is 4.74 Å². The summed E-state index contributed by atoms with van der Waals surface area (Å²) in [5.41, 5.74) is 1.70. The SMILES string of the molecule is CC.COc1cc2ncnc(Oc3ccc(Nc4nccc5cc(C)n(-c6ccc(F)cc6)c(=O)c45)cc3F)c2cc1OCCCN1CCOCC1.[HH]. The van der Waals surface area contributed by atoms with Crippen LogP contribution < -0.4 is 25.1 Å². The lowest BCUT2D eigenvalue weighted by Crippen LogP contribution is -2.37. The summed E-state index contributed by atoms with van der Waals surface area (Å²) in [6.07, 6.45) is 3.72. The predicted molar refractivity (Wildman–Crippen MR) is 199 cm³/mol. The molecule has 7 rings (SSSR count). The van der Waals surface area contributed by atoms with Gasteiger partial charge in [0.1, 0.15) is 18.0 Å². The molecule has 0 saturated carbocycles. The average Bonchev–Trinajstić information content (AvgIpc) is 3.16. The molecule has 0 unspecified atom stereocenters. The highest BCUT2D eigenvalue weighted by molar-refractivity contribution is 5.93. The Morgan fingerprint density at radius 3 is 2.46 bits per heavy atom. The van der Waals surface area contributed by atoms with Crippen LogP contribution in [0, 0.1) is 18.6 Å². The highest BCUT2D eigenvalue weighted by Crippen LogP contribution is 2.37. The summed E-state index contributed by atoms with van der Waals surface area (Å²) in [5, 5.41) is 4.54. The summed E-state index contributed by atoms with van der Waals surface area (Å²) >= 11 is 0. The Kier molecular flexibility index (Phi) is 11.5. The molecule has 272 valence electrons. The molecule has 0 radical (unpaired) electrons. The van der Waals surface area contributed by atoms with Crippen LogP contribution in [-0.4, -0.2) is 71.0 Å². The summed E-state index contributed by atoms with van der Waals surface area (Å²) < 4.78 is 53.7. The molecular weight excluding hydrogens is 670 g/mol. The predicted octanol–water partition coefficient (Wildman–Crippen LogP) is 7.83. The normalized spacial score (nSPS) is 13.0. The van der Waals surface area contributed by atoms with Gasteiger partial charge < -0.3 is 24.3 Å². The maximum Gasteiger partial charge on any atom is 0.266 e. The van der Waals surface area contributed by atoms with E-state index in [1.165, 1.54) is 47.3 Å². The Labute approximate surface area is 301 Å². The topological polar surface area (TPSA) is 113 Å². The second-order valence-corrected chi connectivity index (χ2v) is 11.8. The first kappa shape index (κ1) is 36.1. The molecule has 3 aromatic heterocycles. The van der Waals surface area contributed by atoms with E-state index in [4.69, 9.17) is 18.9 Å². The molecule has 0 spiro atoms. The Bertz CT molecular complexity index is 2230. The fourth-order valence-corrected chi connectivity index (χ4v) is 5.98. The zero-order valence-corrected chi connectivity index (χ0v) is 29.5. The number of rotatable bonds is 11. The molecule has 0 bridgehead atoms. The molecule has 4 heterocycles. The monoisotopic (exact) mass is 712 g/mol. The molecule has 0 atom stereocenters. The lowest BCUT2D eigenvalue weighted by Gasteiger charge is -2.26. The van der Waals surface area contributed by atoms with Gasteiger partial charge in [-0.05, 0) is 73.3 Å².